The molecule has 4 aromatic rings. The molecule has 4 heterocycles. The molecule has 1 aliphatic rings. The Morgan fingerprint density at radius 3 is 2.58 bits per heavy atom. The van der Waals surface area contributed by atoms with E-state index in [-0.39, 0.29) is 11.8 Å². The number of nitriles is 1. The number of aromatic nitrogens is 5. The molecule has 1 N–H and O–H groups in total. The van der Waals surface area contributed by atoms with Crippen LogP contribution >= 0.6 is 23.2 Å². The fourth-order valence-corrected chi connectivity index (χ4v) is 4.41. The SMILES string of the molecule is CC(Oc1cc2c(-c3cnc(N4CCC4C#N)nc3)n[nH]c2cc1F)c1c(Cl)cncc1Cl. The zero-order chi connectivity index (χ0) is 23.1. The van der Waals surface area contributed by atoms with Gasteiger partial charge in [-0.3, -0.25) is 10.1 Å². The molecule has 33 heavy (non-hydrogen) atoms. The van der Waals surface area contributed by atoms with E-state index >= 15 is 0 Å². The van der Waals surface area contributed by atoms with Crippen LogP contribution < -0.4 is 9.64 Å². The summed E-state index contributed by atoms with van der Waals surface area (Å²) in [5, 5.41) is 17.6. The van der Waals surface area contributed by atoms with Gasteiger partial charge in [-0.2, -0.15) is 10.4 Å². The van der Waals surface area contributed by atoms with Crippen LogP contribution in [0.1, 0.15) is 25.0 Å². The van der Waals surface area contributed by atoms with Crippen molar-refractivity contribution in [1.29, 1.82) is 5.26 Å². The molecule has 11 heteroatoms. The fraction of sp³-hybridized carbons (Fsp3) is 0.227. The van der Waals surface area contributed by atoms with E-state index in [9.17, 15) is 4.39 Å². The maximum absolute atomic E-state index is 14.8. The second kappa shape index (κ2) is 8.46. The number of benzene rings is 1. The van der Waals surface area contributed by atoms with E-state index in [0.29, 0.717) is 43.7 Å². The highest BCUT2D eigenvalue weighted by Gasteiger charge is 2.30. The minimum Gasteiger partial charge on any atom is -0.483 e. The Hall–Kier alpha value is -3.48. The van der Waals surface area contributed by atoms with Crippen LogP contribution in [-0.4, -0.2) is 37.7 Å². The number of pyridine rings is 1. The van der Waals surface area contributed by atoms with E-state index in [0.717, 1.165) is 13.0 Å². The number of fused-ring (bicyclic) bond motifs is 1. The molecule has 1 aromatic carbocycles. The molecule has 0 aliphatic carbocycles. The Labute approximate surface area is 198 Å². The van der Waals surface area contributed by atoms with Gasteiger partial charge in [-0.15, -0.1) is 0 Å². The summed E-state index contributed by atoms with van der Waals surface area (Å²) in [5.41, 5.74) is 2.21. The summed E-state index contributed by atoms with van der Waals surface area (Å²) in [7, 11) is 0. The number of rotatable bonds is 5. The van der Waals surface area contributed by atoms with Crippen LogP contribution in [-0.2, 0) is 0 Å². The number of nitrogens with one attached hydrogen (secondary N) is 1. The number of halogens is 3. The largest absolute Gasteiger partial charge is 0.483 e. The maximum atomic E-state index is 14.8. The first-order valence-corrected chi connectivity index (χ1v) is 10.8. The van der Waals surface area contributed by atoms with E-state index in [2.05, 4.69) is 31.2 Å². The predicted octanol–water partition coefficient (Wildman–Crippen LogP) is 5.10. The van der Waals surface area contributed by atoms with E-state index in [1.54, 1.807) is 25.4 Å². The molecular formula is C22H16Cl2FN7O. The van der Waals surface area contributed by atoms with Crippen molar-refractivity contribution in [3.63, 3.8) is 0 Å². The van der Waals surface area contributed by atoms with Gasteiger partial charge in [0.2, 0.25) is 5.95 Å². The molecule has 166 valence electrons. The third kappa shape index (κ3) is 3.81. The second-order valence-corrected chi connectivity index (χ2v) is 8.39. The first-order chi connectivity index (χ1) is 16.0. The highest BCUT2D eigenvalue weighted by atomic mass is 35.5. The van der Waals surface area contributed by atoms with E-state index in [1.807, 2.05) is 4.90 Å². The first kappa shape index (κ1) is 21.4. The average Bonchev–Trinajstić information content (AvgIpc) is 3.16. The van der Waals surface area contributed by atoms with Gasteiger partial charge in [0.15, 0.2) is 11.6 Å². The molecule has 3 aromatic heterocycles. The molecule has 8 nitrogen and oxygen atoms in total. The van der Waals surface area contributed by atoms with Crippen molar-refractivity contribution in [2.24, 2.45) is 0 Å². The molecule has 0 bridgehead atoms. The highest BCUT2D eigenvalue weighted by molar-refractivity contribution is 6.35. The lowest BCUT2D eigenvalue weighted by molar-refractivity contribution is 0.217. The van der Waals surface area contributed by atoms with E-state index in [4.69, 9.17) is 33.2 Å². The number of hydrogen-bond donors (Lipinski definition) is 1. The summed E-state index contributed by atoms with van der Waals surface area (Å²) in [4.78, 5) is 14.5. The monoisotopic (exact) mass is 483 g/mol. The zero-order valence-corrected chi connectivity index (χ0v) is 18.8. The quantitative estimate of drug-likeness (QED) is 0.420. The summed E-state index contributed by atoms with van der Waals surface area (Å²) < 4.78 is 20.6. The minimum atomic E-state index is -0.623. The van der Waals surface area contributed by atoms with Crippen LogP contribution in [0.5, 0.6) is 5.75 Å². The average molecular weight is 484 g/mol. The van der Waals surface area contributed by atoms with Gasteiger partial charge in [0.05, 0.1) is 21.6 Å². The summed E-state index contributed by atoms with van der Waals surface area (Å²) in [6, 6.07) is 4.90. The lowest BCUT2D eigenvalue weighted by atomic mass is 10.1. The molecule has 2 unspecified atom stereocenters. The van der Waals surface area contributed by atoms with Gasteiger partial charge >= 0.3 is 0 Å². The maximum Gasteiger partial charge on any atom is 0.226 e. The van der Waals surface area contributed by atoms with Crippen molar-refractivity contribution < 1.29 is 9.13 Å². The number of hydrogen-bond acceptors (Lipinski definition) is 7. The van der Waals surface area contributed by atoms with Crippen molar-refractivity contribution in [2.45, 2.75) is 25.5 Å². The summed E-state index contributed by atoms with van der Waals surface area (Å²) in [5.74, 6) is -0.0410. The van der Waals surface area contributed by atoms with Gasteiger partial charge in [-0.25, -0.2) is 14.4 Å². The lowest BCUT2D eigenvalue weighted by Crippen LogP contribution is -2.47. The van der Waals surface area contributed by atoms with Gasteiger partial charge in [-0.05, 0) is 19.4 Å². The van der Waals surface area contributed by atoms with E-state index in [1.165, 1.54) is 18.5 Å². The normalized spacial score (nSPS) is 16.3. The zero-order valence-electron chi connectivity index (χ0n) is 17.3. The topological polar surface area (TPSA) is 104 Å². The van der Waals surface area contributed by atoms with Gasteiger partial charge in [0.25, 0.3) is 0 Å². The molecule has 0 radical (unpaired) electrons. The molecule has 1 saturated heterocycles. The lowest BCUT2D eigenvalue weighted by Gasteiger charge is -2.36. The van der Waals surface area contributed by atoms with Gasteiger partial charge in [-0.1, -0.05) is 23.2 Å². The molecule has 0 spiro atoms. The number of nitrogens with zero attached hydrogens (tertiary/aromatic N) is 6. The van der Waals surface area contributed by atoms with E-state index < -0.39 is 11.9 Å². The summed E-state index contributed by atoms with van der Waals surface area (Å²) in [6.07, 6.45) is 6.36. The number of H-pyrrole nitrogens is 1. The number of ether oxygens (including phenoxy) is 1. The molecular weight excluding hydrogens is 468 g/mol. The Morgan fingerprint density at radius 1 is 1.21 bits per heavy atom. The summed E-state index contributed by atoms with van der Waals surface area (Å²) in [6.45, 7) is 2.47. The van der Waals surface area contributed by atoms with Gasteiger partial charge in [0, 0.05) is 53.9 Å². The third-order valence-corrected chi connectivity index (χ3v) is 6.16. The fourth-order valence-electron chi connectivity index (χ4n) is 3.74. The van der Waals surface area contributed by atoms with Crippen molar-refractivity contribution in [1.82, 2.24) is 25.1 Å². The minimum absolute atomic E-state index is 0.0246. The van der Waals surface area contributed by atoms with Crippen LogP contribution in [0.25, 0.3) is 22.2 Å². The molecule has 0 saturated carbocycles. The molecule has 2 atom stereocenters. The van der Waals surface area contributed by atoms with Crippen LogP contribution in [0.15, 0.2) is 36.9 Å². The van der Waals surface area contributed by atoms with Crippen LogP contribution in [0.2, 0.25) is 10.0 Å². The van der Waals surface area contributed by atoms with Crippen LogP contribution in [0.3, 0.4) is 0 Å². The Balaban J connectivity index is 1.46. The molecule has 0 amide bonds. The molecule has 1 fully saturated rings. The van der Waals surface area contributed by atoms with Gasteiger partial charge < -0.3 is 9.64 Å². The van der Waals surface area contributed by atoms with Crippen molar-refractivity contribution in [3.8, 4) is 23.1 Å². The Kier molecular flexibility index (Phi) is 5.48. The van der Waals surface area contributed by atoms with Gasteiger partial charge in [0.1, 0.15) is 17.8 Å². The molecule has 1 aliphatic heterocycles. The molecule has 5 rings (SSSR count). The number of anilines is 1. The highest BCUT2D eigenvalue weighted by Crippen LogP contribution is 2.36. The Bertz CT molecular complexity index is 1370. The second-order valence-electron chi connectivity index (χ2n) is 7.58. The van der Waals surface area contributed by atoms with Crippen LogP contribution in [0.4, 0.5) is 10.3 Å². The van der Waals surface area contributed by atoms with Crippen molar-refractivity contribution in [3.05, 3.63) is 58.3 Å². The summed E-state index contributed by atoms with van der Waals surface area (Å²) >= 11 is 12.4. The van der Waals surface area contributed by atoms with Crippen LogP contribution in [0, 0.1) is 17.1 Å². The Morgan fingerprint density at radius 2 is 1.94 bits per heavy atom. The third-order valence-electron chi connectivity index (χ3n) is 5.55. The standard InChI is InChI=1S/C22H16Cl2FN7O/c1-11(20-15(23)9-27-10-16(20)24)33-19-4-14-18(5-17(19)25)30-31-21(14)12-7-28-22(29-8-12)32-3-2-13(32)6-26/h4-5,7-11,13H,2-3H2,1H3,(H,30,31). The predicted molar refractivity (Wildman–Crippen MR) is 122 cm³/mol. The van der Waals surface area contributed by atoms with Crippen molar-refractivity contribution >= 4 is 40.1 Å². The van der Waals surface area contributed by atoms with Crippen molar-refractivity contribution in [2.75, 3.05) is 11.4 Å². The first-order valence-electron chi connectivity index (χ1n) is 10.1. The number of aromatic amines is 1. The smallest absolute Gasteiger partial charge is 0.226 e.